The van der Waals surface area contributed by atoms with Crippen LogP contribution in [0.5, 0.6) is 0 Å². The molecule has 1 fully saturated rings. The van der Waals surface area contributed by atoms with Crippen LogP contribution in [0.3, 0.4) is 0 Å². The normalized spacial score (nSPS) is 19.2. The van der Waals surface area contributed by atoms with Crippen molar-refractivity contribution in [1.82, 2.24) is 4.90 Å². The smallest absolute Gasteiger partial charge is 0.332 e. The van der Waals surface area contributed by atoms with Crippen molar-refractivity contribution >= 4 is 11.9 Å². The zero-order valence-electron chi connectivity index (χ0n) is 7.87. The summed E-state index contributed by atoms with van der Waals surface area (Å²) in [5.74, 6) is -0.421. The van der Waals surface area contributed by atoms with Crippen LogP contribution in [0.4, 0.5) is 0 Å². The van der Waals surface area contributed by atoms with Crippen molar-refractivity contribution < 1.29 is 14.3 Å². The van der Waals surface area contributed by atoms with Crippen LogP contribution in [0, 0.1) is 0 Å². The second kappa shape index (κ2) is 4.07. The molecule has 0 spiro atoms. The fourth-order valence-corrected chi connectivity index (χ4v) is 1.40. The molecule has 1 aliphatic rings. The Morgan fingerprint density at radius 2 is 2.23 bits per heavy atom. The fourth-order valence-electron chi connectivity index (χ4n) is 1.40. The van der Waals surface area contributed by atoms with Crippen molar-refractivity contribution in [3.63, 3.8) is 0 Å². The molecule has 0 radical (unpaired) electrons. The Labute approximate surface area is 77.2 Å². The molecule has 13 heavy (non-hydrogen) atoms. The fraction of sp³-hybridized carbons (Fsp3) is 0.556. The molecule has 4 heteroatoms. The van der Waals surface area contributed by atoms with Crippen molar-refractivity contribution in [2.45, 2.75) is 19.8 Å². The molecule has 0 aliphatic carbocycles. The van der Waals surface area contributed by atoms with E-state index in [1.807, 2.05) is 0 Å². The summed E-state index contributed by atoms with van der Waals surface area (Å²) in [6.07, 6.45) is 3.07. The minimum Gasteiger partial charge on any atom is -0.466 e. The molecule has 0 N–H and O–H groups in total. The summed E-state index contributed by atoms with van der Waals surface area (Å²) in [6, 6.07) is 0. The highest BCUT2D eigenvalue weighted by atomic mass is 16.5. The van der Waals surface area contributed by atoms with Gasteiger partial charge in [0.1, 0.15) is 0 Å². The summed E-state index contributed by atoms with van der Waals surface area (Å²) < 4.78 is 4.49. The highest BCUT2D eigenvalue weighted by molar-refractivity contribution is 5.84. The number of likely N-dealkylation sites (tertiary alicyclic amines) is 1. The predicted molar refractivity (Wildman–Crippen MR) is 46.7 cm³/mol. The number of methoxy groups -OCH3 is 1. The van der Waals surface area contributed by atoms with Gasteiger partial charge in [0.05, 0.1) is 7.11 Å². The van der Waals surface area contributed by atoms with Crippen LogP contribution < -0.4 is 0 Å². The zero-order valence-corrected chi connectivity index (χ0v) is 7.87. The topological polar surface area (TPSA) is 46.6 Å². The minimum absolute atomic E-state index is 0.0207. The first-order valence-corrected chi connectivity index (χ1v) is 4.21. The van der Waals surface area contributed by atoms with Crippen LogP contribution in [-0.4, -0.2) is 30.4 Å². The molecule has 1 heterocycles. The average Bonchev–Trinajstić information content (AvgIpc) is 2.52. The highest BCUT2D eigenvalue weighted by Gasteiger charge is 2.20. The monoisotopic (exact) mass is 183 g/mol. The molecule has 72 valence electrons. The number of amides is 1. The number of carbonyl (C=O) groups is 2. The molecule has 1 rings (SSSR count). The van der Waals surface area contributed by atoms with E-state index in [1.165, 1.54) is 20.1 Å². The second-order valence-electron chi connectivity index (χ2n) is 2.93. The van der Waals surface area contributed by atoms with Crippen LogP contribution in [0.1, 0.15) is 19.8 Å². The lowest BCUT2D eigenvalue weighted by Crippen LogP contribution is -2.23. The molecule has 4 nitrogen and oxygen atoms in total. The van der Waals surface area contributed by atoms with E-state index in [2.05, 4.69) is 4.74 Å². The summed E-state index contributed by atoms with van der Waals surface area (Å²) in [6.45, 7) is 2.20. The zero-order chi connectivity index (χ0) is 9.84. The van der Waals surface area contributed by atoms with E-state index < -0.39 is 5.97 Å². The number of allylic oxidation sites excluding steroid dienone is 1. The van der Waals surface area contributed by atoms with Gasteiger partial charge in [-0.2, -0.15) is 0 Å². The number of hydrogen-bond acceptors (Lipinski definition) is 3. The number of carbonyl (C=O) groups excluding carboxylic acids is 2. The SMILES string of the molecule is COC(=O)/C=C1\CCCN1C(C)=O. The summed E-state index contributed by atoms with van der Waals surface area (Å²) in [7, 11) is 1.33. The molecule has 0 aromatic rings. The maximum Gasteiger partial charge on any atom is 0.332 e. The van der Waals surface area contributed by atoms with E-state index >= 15 is 0 Å². The second-order valence-corrected chi connectivity index (χ2v) is 2.93. The molecule has 0 bridgehead atoms. The van der Waals surface area contributed by atoms with Gasteiger partial charge in [0.25, 0.3) is 0 Å². The Hall–Kier alpha value is -1.32. The maximum absolute atomic E-state index is 11.1. The van der Waals surface area contributed by atoms with Crippen LogP contribution in [0.2, 0.25) is 0 Å². The van der Waals surface area contributed by atoms with Gasteiger partial charge in [0, 0.05) is 25.2 Å². The van der Waals surface area contributed by atoms with Gasteiger partial charge in [-0.15, -0.1) is 0 Å². The van der Waals surface area contributed by atoms with Crippen molar-refractivity contribution in [1.29, 1.82) is 0 Å². The predicted octanol–water partition coefficient (Wildman–Crippen LogP) is 0.686. The lowest BCUT2D eigenvalue weighted by atomic mass is 10.3. The highest BCUT2D eigenvalue weighted by Crippen LogP contribution is 2.20. The van der Waals surface area contributed by atoms with Crippen molar-refractivity contribution in [2.24, 2.45) is 0 Å². The first kappa shape index (κ1) is 9.77. The Balaban J connectivity index is 2.73. The quantitative estimate of drug-likeness (QED) is 0.443. The van der Waals surface area contributed by atoms with Crippen LogP contribution in [0.15, 0.2) is 11.8 Å². The minimum atomic E-state index is -0.400. The molecule has 0 unspecified atom stereocenters. The Morgan fingerprint density at radius 1 is 1.54 bits per heavy atom. The number of rotatable bonds is 1. The van der Waals surface area contributed by atoms with Crippen molar-refractivity contribution in [3.05, 3.63) is 11.8 Å². The number of hydrogen-bond donors (Lipinski definition) is 0. The van der Waals surface area contributed by atoms with Gasteiger partial charge in [0.15, 0.2) is 0 Å². The largest absolute Gasteiger partial charge is 0.466 e. The lowest BCUT2D eigenvalue weighted by Gasteiger charge is -2.14. The van der Waals surface area contributed by atoms with Gasteiger partial charge in [-0.25, -0.2) is 4.79 Å². The molecule has 0 saturated carbocycles. The number of nitrogens with zero attached hydrogens (tertiary/aromatic N) is 1. The Bertz CT molecular complexity index is 258. The molecule has 0 aromatic heterocycles. The molecular formula is C9H13NO3. The summed E-state index contributed by atoms with van der Waals surface area (Å²) in [4.78, 5) is 23.6. The third-order valence-corrected chi connectivity index (χ3v) is 2.03. The number of esters is 1. The van der Waals surface area contributed by atoms with Gasteiger partial charge in [0.2, 0.25) is 5.91 Å². The molecule has 0 atom stereocenters. The molecule has 1 aliphatic heterocycles. The van der Waals surface area contributed by atoms with Gasteiger partial charge in [-0.3, -0.25) is 4.79 Å². The first-order valence-electron chi connectivity index (χ1n) is 4.21. The van der Waals surface area contributed by atoms with E-state index in [1.54, 1.807) is 4.90 Å². The van der Waals surface area contributed by atoms with Crippen molar-refractivity contribution in [3.8, 4) is 0 Å². The summed E-state index contributed by atoms with van der Waals surface area (Å²) >= 11 is 0. The molecule has 0 aromatic carbocycles. The average molecular weight is 183 g/mol. The molecule has 1 saturated heterocycles. The van der Waals surface area contributed by atoms with E-state index in [9.17, 15) is 9.59 Å². The summed E-state index contributed by atoms with van der Waals surface area (Å²) in [5, 5.41) is 0. The Kier molecular flexibility index (Phi) is 3.06. The van der Waals surface area contributed by atoms with Crippen molar-refractivity contribution in [2.75, 3.05) is 13.7 Å². The van der Waals surface area contributed by atoms with E-state index in [4.69, 9.17) is 0 Å². The van der Waals surface area contributed by atoms with Gasteiger partial charge in [-0.05, 0) is 12.8 Å². The van der Waals surface area contributed by atoms with E-state index in [0.717, 1.165) is 18.5 Å². The van der Waals surface area contributed by atoms with Crippen LogP contribution in [-0.2, 0) is 14.3 Å². The van der Waals surface area contributed by atoms with Gasteiger partial charge >= 0.3 is 5.97 Å². The standard InChI is InChI=1S/C9H13NO3/c1-7(11)10-5-3-4-8(10)6-9(12)13-2/h6H,3-5H2,1-2H3/b8-6+. The molecular weight excluding hydrogens is 170 g/mol. The van der Waals surface area contributed by atoms with Gasteiger partial charge in [-0.1, -0.05) is 0 Å². The van der Waals surface area contributed by atoms with Gasteiger partial charge < -0.3 is 9.64 Å². The third kappa shape index (κ3) is 2.31. The van der Waals surface area contributed by atoms with Crippen LogP contribution in [0.25, 0.3) is 0 Å². The third-order valence-electron chi connectivity index (χ3n) is 2.03. The Morgan fingerprint density at radius 3 is 2.77 bits per heavy atom. The van der Waals surface area contributed by atoms with Crippen LogP contribution >= 0.6 is 0 Å². The molecule has 1 amide bonds. The first-order chi connectivity index (χ1) is 6.15. The number of ether oxygens (including phenoxy) is 1. The van der Waals surface area contributed by atoms with E-state index in [0.29, 0.717) is 6.54 Å². The summed E-state index contributed by atoms with van der Waals surface area (Å²) in [5.41, 5.74) is 0.763. The van der Waals surface area contributed by atoms with E-state index in [-0.39, 0.29) is 5.91 Å². The maximum atomic E-state index is 11.1. The lowest BCUT2D eigenvalue weighted by molar-refractivity contribution is -0.135.